The summed E-state index contributed by atoms with van der Waals surface area (Å²) in [6.07, 6.45) is 1.53. The molecule has 2 heterocycles. The molecule has 1 aromatic heterocycles. The second kappa shape index (κ2) is 8.60. The number of hydrogen-bond donors (Lipinski definition) is 1. The maximum atomic E-state index is 12.6. The summed E-state index contributed by atoms with van der Waals surface area (Å²) in [6, 6.07) is 13.4. The Bertz CT molecular complexity index is 670. The molecule has 0 bridgehead atoms. The molecule has 0 aliphatic carbocycles. The Hall–Kier alpha value is -2.44. The molecule has 1 atom stereocenters. The highest BCUT2D eigenvalue weighted by Gasteiger charge is 2.20. The van der Waals surface area contributed by atoms with Gasteiger partial charge >= 0.3 is 0 Å². The van der Waals surface area contributed by atoms with Gasteiger partial charge in [0.1, 0.15) is 0 Å². The maximum absolute atomic E-state index is 12.6. The van der Waals surface area contributed by atoms with Gasteiger partial charge in [0, 0.05) is 31.9 Å². The van der Waals surface area contributed by atoms with Gasteiger partial charge in [0.2, 0.25) is 5.88 Å². The Labute approximate surface area is 147 Å². The molecule has 1 aromatic carbocycles. The fourth-order valence-electron chi connectivity index (χ4n) is 2.84. The van der Waals surface area contributed by atoms with E-state index in [4.69, 9.17) is 9.47 Å². The van der Waals surface area contributed by atoms with Crippen LogP contribution in [0.4, 0.5) is 0 Å². The van der Waals surface area contributed by atoms with Crippen molar-refractivity contribution >= 4 is 5.91 Å². The topological polar surface area (TPSA) is 63.7 Å². The van der Waals surface area contributed by atoms with Crippen molar-refractivity contribution in [1.82, 2.24) is 15.2 Å². The first-order chi connectivity index (χ1) is 12.3. The zero-order valence-corrected chi connectivity index (χ0v) is 14.4. The third-order valence-electron chi connectivity index (χ3n) is 4.26. The van der Waals surface area contributed by atoms with Crippen LogP contribution in [0.2, 0.25) is 0 Å². The van der Waals surface area contributed by atoms with Crippen LogP contribution < -0.4 is 10.1 Å². The number of ether oxygens (including phenoxy) is 2. The van der Waals surface area contributed by atoms with Crippen molar-refractivity contribution in [2.45, 2.75) is 6.04 Å². The summed E-state index contributed by atoms with van der Waals surface area (Å²) in [7, 11) is 1.55. The fourth-order valence-corrected chi connectivity index (χ4v) is 2.84. The minimum absolute atomic E-state index is 0.0890. The van der Waals surface area contributed by atoms with Crippen LogP contribution in [-0.2, 0) is 4.74 Å². The predicted octanol–water partition coefficient (Wildman–Crippen LogP) is 1.89. The van der Waals surface area contributed by atoms with Crippen molar-refractivity contribution in [3.05, 3.63) is 59.8 Å². The lowest BCUT2D eigenvalue weighted by Gasteiger charge is -2.31. The van der Waals surface area contributed by atoms with Crippen LogP contribution in [-0.4, -0.2) is 55.7 Å². The third kappa shape index (κ3) is 4.78. The average Bonchev–Trinajstić information content (AvgIpc) is 2.69. The van der Waals surface area contributed by atoms with Crippen LogP contribution in [0.15, 0.2) is 48.7 Å². The Morgan fingerprint density at radius 1 is 1.24 bits per heavy atom. The zero-order valence-electron chi connectivity index (χ0n) is 14.4. The smallest absolute Gasteiger partial charge is 0.253 e. The number of pyridine rings is 1. The number of hydrogen-bond acceptors (Lipinski definition) is 5. The molecule has 1 aliphatic rings. The van der Waals surface area contributed by atoms with Crippen LogP contribution in [0, 0.1) is 0 Å². The summed E-state index contributed by atoms with van der Waals surface area (Å²) < 4.78 is 10.4. The fraction of sp³-hybridized carbons (Fsp3) is 0.368. The second-order valence-corrected chi connectivity index (χ2v) is 5.94. The quantitative estimate of drug-likeness (QED) is 0.869. The van der Waals surface area contributed by atoms with Crippen LogP contribution in [0.5, 0.6) is 5.88 Å². The normalized spacial score (nSPS) is 16.2. The van der Waals surface area contributed by atoms with Crippen molar-refractivity contribution in [2.24, 2.45) is 0 Å². The molecule has 6 nitrogen and oxygen atoms in total. The Kier molecular flexibility index (Phi) is 5.98. The highest BCUT2D eigenvalue weighted by molar-refractivity contribution is 5.94. The van der Waals surface area contributed by atoms with E-state index in [-0.39, 0.29) is 11.9 Å². The maximum Gasteiger partial charge on any atom is 0.253 e. The molecule has 0 saturated carbocycles. The number of nitrogens with zero attached hydrogens (tertiary/aromatic N) is 2. The summed E-state index contributed by atoms with van der Waals surface area (Å²) in [5.74, 6) is 0.349. The van der Waals surface area contributed by atoms with Gasteiger partial charge in [-0.2, -0.15) is 0 Å². The van der Waals surface area contributed by atoms with Gasteiger partial charge in [-0.05, 0) is 11.6 Å². The van der Waals surface area contributed by atoms with Gasteiger partial charge in [-0.15, -0.1) is 0 Å². The monoisotopic (exact) mass is 341 g/mol. The largest absolute Gasteiger partial charge is 0.481 e. The number of carbonyl (C=O) groups is 1. The van der Waals surface area contributed by atoms with Crippen molar-refractivity contribution in [1.29, 1.82) is 0 Å². The number of amides is 1. The predicted molar refractivity (Wildman–Crippen MR) is 94.7 cm³/mol. The van der Waals surface area contributed by atoms with Crippen LogP contribution in [0.1, 0.15) is 22.0 Å². The Morgan fingerprint density at radius 3 is 2.64 bits per heavy atom. The van der Waals surface area contributed by atoms with E-state index in [9.17, 15) is 4.79 Å². The lowest BCUT2D eigenvalue weighted by atomic mass is 10.1. The minimum atomic E-state index is -0.141. The average molecular weight is 341 g/mol. The van der Waals surface area contributed by atoms with Crippen molar-refractivity contribution in [3.63, 3.8) is 0 Å². The van der Waals surface area contributed by atoms with Crippen LogP contribution in [0.25, 0.3) is 0 Å². The van der Waals surface area contributed by atoms with Gasteiger partial charge in [-0.25, -0.2) is 4.98 Å². The van der Waals surface area contributed by atoms with Gasteiger partial charge in [0.15, 0.2) is 0 Å². The Balaban J connectivity index is 1.72. The molecule has 3 rings (SSSR count). The van der Waals surface area contributed by atoms with E-state index < -0.39 is 0 Å². The molecule has 1 N–H and O–H groups in total. The number of benzene rings is 1. The van der Waals surface area contributed by atoms with Crippen LogP contribution >= 0.6 is 0 Å². The molecule has 1 unspecified atom stereocenters. The number of morpholine rings is 1. The van der Waals surface area contributed by atoms with Gasteiger partial charge in [0.25, 0.3) is 5.91 Å². The number of aromatic nitrogens is 1. The summed E-state index contributed by atoms with van der Waals surface area (Å²) in [5, 5.41) is 3.13. The minimum Gasteiger partial charge on any atom is -0.481 e. The molecule has 0 spiro atoms. The first-order valence-corrected chi connectivity index (χ1v) is 8.42. The molecular weight excluding hydrogens is 318 g/mol. The van der Waals surface area contributed by atoms with E-state index in [0.29, 0.717) is 11.4 Å². The first kappa shape index (κ1) is 17.4. The van der Waals surface area contributed by atoms with Crippen LogP contribution in [0.3, 0.4) is 0 Å². The zero-order chi connectivity index (χ0) is 17.5. The molecule has 1 saturated heterocycles. The van der Waals surface area contributed by atoms with E-state index in [2.05, 4.69) is 15.2 Å². The highest BCUT2D eigenvalue weighted by Crippen LogP contribution is 2.16. The summed E-state index contributed by atoms with van der Waals surface area (Å²) >= 11 is 0. The SMILES string of the molecule is COc1ccc(C(=O)NC(CN2CCOCC2)c2ccccc2)cn1. The van der Waals surface area contributed by atoms with E-state index in [1.807, 2.05) is 30.3 Å². The van der Waals surface area contributed by atoms with E-state index in [1.165, 1.54) is 6.20 Å². The standard InChI is InChI=1S/C19H23N3O3/c1-24-18-8-7-16(13-20-18)19(23)21-17(15-5-3-2-4-6-15)14-22-9-11-25-12-10-22/h2-8,13,17H,9-12,14H2,1H3,(H,21,23). The van der Waals surface area contributed by atoms with Crippen molar-refractivity contribution < 1.29 is 14.3 Å². The number of methoxy groups -OCH3 is 1. The van der Waals surface area contributed by atoms with Gasteiger partial charge < -0.3 is 14.8 Å². The molecule has 132 valence electrons. The molecule has 25 heavy (non-hydrogen) atoms. The van der Waals surface area contributed by atoms with E-state index in [1.54, 1.807) is 19.2 Å². The summed E-state index contributed by atoms with van der Waals surface area (Å²) in [5.41, 5.74) is 1.60. The highest BCUT2D eigenvalue weighted by atomic mass is 16.5. The second-order valence-electron chi connectivity index (χ2n) is 5.94. The lowest BCUT2D eigenvalue weighted by Crippen LogP contribution is -2.43. The lowest BCUT2D eigenvalue weighted by molar-refractivity contribution is 0.0332. The number of rotatable bonds is 6. The van der Waals surface area contributed by atoms with Gasteiger partial charge in [-0.3, -0.25) is 9.69 Å². The van der Waals surface area contributed by atoms with Crippen molar-refractivity contribution in [3.8, 4) is 5.88 Å². The van der Waals surface area contributed by atoms with E-state index in [0.717, 1.165) is 38.4 Å². The molecule has 1 amide bonds. The van der Waals surface area contributed by atoms with Crippen molar-refractivity contribution in [2.75, 3.05) is 40.0 Å². The molecule has 1 aliphatic heterocycles. The molecule has 1 fully saturated rings. The number of nitrogens with one attached hydrogen (secondary N) is 1. The molecule has 0 radical (unpaired) electrons. The summed E-state index contributed by atoms with van der Waals surface area (Å²) in [6.45, 7) is 3.98. The first-order valence-electron chi connectivity index (χ1n) is 8.42. The number of carbonyl (C=O) groups excluding carboxylic acids is 1. The van der Waals surface area contributed by atoms with E-state index >= 15 is 0 Å². The molecule has 6 heteroatoms. The Morgan fingerprint density at radius 2 is 2.00 bits per heavy atom. The molecule has 2 aromatic rings. The third-order valence-corrected chi connectivity index (χ3v) is 4.26. The summed E-state index contributed by atoms with van der Waals surface area (Å²) in [4.78, 5) is 19.1. The molecular formula is C19H23N3O3. The van der Waals surface area contributed by atoms with Gasteiger partial charge in [-0.1, -0.05) is 30.3 Å². The van der Waals surface area contributed by atoms with Gasteiger partial charge in [0.05, 0.1) is 31.9 Å².